The second-order valence-electron chi connectivity index (χ2n) is 9.58. The first-order valence-electron chi connectivity index (χ1n) is 12.8. The van der Waals surface area contributed by atoms with Crippen molar-refractivity contribution >= 4 is 22.6 Å². The molecule has 0 radical (unpaired) electrons. The first-order valence-corrected chi connectivity index (χ1v) is 12.8. The van der Waals surface area contributed by atoms with Gasteiger partial charge in [-0.3, -0.25) is 9.59 Å². The lowest BCUT2D eigenvalue weighted by molar-refractivity contribution is -0.137. The largest absolute Gasteiger partial charge is 0.493 e. The van der Waals surface area contributed by atoms with Gasteiger partial charge in [-0.05, 0) is 71.0 Å². The summed E-state index contributed by atoms with van der Waals surface area (Å²) in [4.78, 5) is 24.2. The number of ether oxygens (including phenoxy) is 2. The van der Waals surface area contributed by atoms with Crippen LogP contribution in [0.2, 0.25) is 0 Å². The van der Waals surface area contributed by atoms with Gasteiger partial charge in [-0.15, -0.1) is 0 Å². The topological polar surface area (TPSA) is 84.9 Å². The van der Waals surface area contributed by atoms with Crippen molar-refractivity contribution in [3.63, 3.8) is 0 Å². The normalized spacial score (nSPS) is 14.1. The molecule has 0 aliphatic carbocycles. The fraction of sp³-hybridized carbons (Fsp3) is 0.400. The summed E-state index contributed by atoms with van der Waals surface area (Å²) in [5.41, 5.74) is 4.11. The average molecular weight is 490 g/mol. The van der Waals surface area contributed by atoms with Gasteiger partial charge in [0.1, 0.15) is 11.5 Å². The molecule has 1 heterocycles. The van der Waals surface area contributed by atoms with E-state index in [0.717, 1.165) is 64.5 Å². The Bertz CT molecular complexity index is 1250. The Morgan fingerprint density at radius 2 is 1.89 bits per heavy atom. The molecule has 4 rings (SSSR count). The van der Waals surface area contributed by atoms with E-state index >= 15 is 0 Å². The van der Waals surface area contributed by atoms with Crippen molar-refractivity contribution in [2.24, 2.45) is 0 Å². The van der Waals surface area contributed by atoms with Crippen LogP contribution in [0.3, 0.4) is 0 Å². The number of carboxylic acid groups (broad SMARTS) is 1. The van der Waals surface area contributed by atoms with Crippen LogP contribution < -0.4 is 14.8 Å². The van der Waals surface area contributed by atoms with Gasteiger partial charge in [0.15, 0.2) is 6.61 Å². The van der Waals surface area contributed by atoms with Crippen LogP contribution in [0.1, 0.15) is 67.7 Å². The summed E-state index contributed by atoms with van der Waals surface area (Å²) < 4.78 is 11.5. The van der Waals surface area contributed by atoms with E-state index in [1.165, 1.54) is 0 Å². The zero-order chi connectivity index (χ0) is 25.7. The molecule has 0 bridgehead atoms. The molecule has 2 atom stereocenters. The maximum Gasteiger partial charge on any atom is 0.304 e. The fourth-order valence-corrected chi connectivity index (χ4v) is 5.00. The Morgan fingerprint density at radius 1 is 1.08 bits per heavy atom. The molecule has 6 heteroatoms. The van der Waals surface area contributed by atoms with Gasteiger partial charge in [0.25, 0.3) is 5.91 Å². The van der Waals surface area contributed by atoms with E-state index < -0.39 is 5.97 Å². The van der Waals surface area contributed by atoms with Crippen LogP contribution in [-0.4, -0.2) is 36.2 Å². The number of carbonyl (C=O) groups is 2. The highest BCUT2D eigenvalue weighted by Gasteiger charge is 2.23. The molecule has 6 nitrogen and oxygen atoms in total. The third kappa shape index (κ3) is 5.99. The number of hydrogen-bond acceptors (Lipinski definition) is 4. The monoisotopic (exact) mass is 489 g/mol. The molecule has 0 spiro atoms. The Balaban J connectivity index is 1.57. The maximum absolute atomic E-state index is 12.3. The summed E-state index contributed by atoms with van der Waals surface area (Å²) >= 11 is 0. The number of aryl methyl sites for hydroxylation is 1. The van der Waals surface area contributed by atoms with E-state index in [1.807, 2.05) is 49.4 Å². The summed E-state index contributed by atoms with van der Waals surface area (Å²) in [6, 6.07) is 16.1. The lowest BCUT2D eigenvalue weighted by atomic mass is 9.84. The van der Waals surface area contributed by atoms with Crippen LogP contribution in [-0.2, 0) is 16.0 Å². The van der Waals surface area contributed by atoms with E-state index in [1.54, 1.807) is 0 Å². The number of carbonyl (C=O) groups excluding carboxylic acids is 1. The van der Waals surface area contributed by atoms with Crippen molar-refractivity contribution in [3.8, 4) is 11.5 Å². The van der Waals surface area contributed by atoms with Crippen LogP contribution in [0.5, 0.6) is 11.5 Å². The summed E-state index contributed by atoms with van der Waals surface area (Å²) in [5, 5.41) is 14.7. The Morgan fingerprint density at radius 3 is 2.64 bits per heavy atom. The minimum Gasteiger partial charge on any atom is -0.493 e. The highest BCUT2D eigenvalue weighted by atomic mass is 16.5. The molecule has 3 aromatic rings. The molecule has 0 fully saturated rings. The van der Waals surface area contributed by atoms with Crippen LogP contribution in [0, 0.1) is 6.92 Å². The fourth-order valence-electron chi connectivity index (χ4n) is 5.00. The van der Waals surface area contributed by atoms with Gasteiger partial charge in [-0.2, -0.15) is 0 Å². The highest BCUT2D eigenvalue weighted by molar-refractivity contribution is 5.85. The molecule has 2 unspecified atom stereocenters. The van der Waals surface area contributed by atoms with Crippen molar-refractivity contribution < 1.29 is 24.2 Å². The number of benzene rings is 3. The van der Waals surface area contributed by atoms with E-state index in [9.17, 15) is 14.7 Å². The van der Waals surface area contributed by atoms with Crippen LogP contribution in [0.4, 0.5) is 0 Å². The molecule has 1 aliphatic rings. The average Bonchev–Trinajstić information content (AvgIpc) is 3.32. The van der Waals surface area contributed by atoms with E-state index in [-0.39, 0.29) is 30.9 Å². The lowest BCUT2D eigenvalue weighted by Crippen LogP contribution is -2.37. The van der Waals surface area contributed by atoms with Gasteiger partial charge in [-0.25, -0.2) is 0 Å². The molecule has 0 aromatic heterocycles. The quantitative estimate of drug-likeness (QED) is 0.358. The lowest BCUT2D eigenvalue weighted by Gasteiger charge is -2.20. The highest BCUT2D eigenvalue weighted by Crippen LogP contribution is 2.37. The number of nitrogens with one attached hydrogen (secondary N) is 1. The molecule has 36 heavy (non-hydrogen) atoms. The first kappa shape index (κ1) is 25.5. The number of rotatable bonds is 11. The van der Waals surface area contributed by atoms with Gasteiger partial charge in [0.2, 0.25) is 0 Å². The Kier molecular flexibility index (Phi) is 8.14. The number of aliphatic carboxylic acids is 1. The second-order valence-corrected chi connectivity index (χ2v) is 9.58. The second kappa shape index (κ2) is 11.5. The minimum absolute atomic E-state index is 0.00128. The van der Waals surface area contributed by atoms with E-state index in [2.05, 4.69) is 25.2 Å². The third-order valence-electron chi connectivity index (χ3n) is 6.94. The number of carboxylic acids is 1. The molecule has 1 amide bonds. The molecule has 0 saturated heterocycles. The van der Waals surface area contributed by atoms with Crippen molar-refractivity contribution in [2.75, 3.05) is 13.2 Å². The smallest absolute Gasteiger partial charge is 0.304 e. The van der Waals surface area contributed by atoms with E-state index in [4.69, 9.17) is 9.47 Å². The predicted octanol–water partition coefficient (Wildman–Crippen LogP) is 5.76. The van der Waals surface area contributed by atoms with Gasteiger partial charge < -0.3 is 19.9 Å². The summed E-state index contributed by atoms with van der Waals surface area (Å²) in [6.07, 6.45) is 3.71. The zero-order valence-corrected chi connectivity index (χ0v) is 21.3. The molecular formula is C30H35NO5. The van der Waals surface area contributed by atoms with Crippen molar-refractivity contribution in [1.29, 1.82) is 0 Å². The molecule has 190 valence electrons. The zero-order valence-electron chi connectivity index (χ0n) is 21.3. The number of fused-ring (bicyclic) bond motifs is 2. The van der Waals surface area contributed by atoms with Gasteiger partial charge >= 0.3 is 5.97 Å². The molecular weight excluding hydrogens is 454 g/mol. The standard InChI is InChI=1S/C30H35NO5/c1-4-6-24(5-2)31-29(32)18-36-25-10-9-20-7-8-21(14-23(20)15-25)27(17-30(33)34)26-16-22-11-12-35-28(22)13-19(26)3/h7-10,13-16,24,27H,4-6,11-12,17-18H2,1-3H3,(H,31,32)(H,33,34). The molecule has 0 saturated carbocycles. The molecule has 1 aliphatic heterocycles. The number of hydrogen-bond donors (Lipinski definition) is 2. The number of amides is 1. The summed E-state index contributed by atoms with van der Waals surface area (Å²) in [5.74, 6) is 0.265. The van der Waals surface area contributed by atoms with Gasteiger partial charge in [0, 0.05) is 18.4 Å². The minimum atomic E-state index is -0.840. The third-order valence-corrected chi connectivity index (χ3v) is 6.94. The van der Waals surface area contributed by atoms with Crippen molar-refractivity contribution in [3.05, 3.63) is 70.8 Å². The van der Waals surface area contributed by atoms with Crippen LogP contribution in [0.15, 0.2) is 48.5 Å². The Labute approximate surface area is 212 Å². The predicted molar refractivity (Wildman–Crippen MR) is 141 cm³/mol. The van der Waals surface area contributed by atoms with Gasteiger partial charge in [0.05, 0.1) is 13.0 Å². The SMILES string of the molecule is CCCC(CC)NC(=O)COc1ccc2ccc(C(CC(=O)O)c3cc4c(cc3C)OCC4)cc2c1. The molecule has 3 aromatic carbocycles. The van der Waals surface area contributed by atoms with Crippen molar-refractivity contribution in [2.45, 2.75) is 64.8 Å². The summed E-state index contributed by atoms with van der Waals surface area (Å²) in [7, 11) is 0. The first-order chi connectivity index (χ1) is 17.4. The summed E-state index contributed by atoms with van der Waals surface area (Å²) in [6.45, 7) is 6.81. The van der Waals surface area contributed by atoms with Crippen molar-refractivity contribution in [1.82, 2.24) is 5.32 Å². The van der Waals surface area contributed by atoms with Gasteiger partial charge in [-0.1, -0.05) is 50.6 Å². The Hall–Kier alpha value is -3.54. The van der Waals surface area contributed by atoms with Crippen LogP contribution in [0.25, 0.3) is 10.8 Å². The van der Waals surface area contributed by atoms with Crippen LogP contribution >= 0.6 is 0 Å². The maximum atomic E-state index is 12.3. The van der Waals surface area contributed by atoms with E-state index in [0.29, 0.717) is 12.4 Å². The molecule has 2 N–H and O–H groups in total.